The minimum absolute atomic E-state index is 0.170. The number of rotatable bonds is 4. The second kappa shape index (κ2) is 6.95. The first-order valence-electron chi connectivity index (χ1n) is 6.39. The molecule has 5 nitrogen and oxygen atoms in total. The first-order valence-corrected chi connectivity index (χ1v) is 7.18. The molecule has 0 bridgehead atoms. The summed E-state index contributed by atoms with van der Waals surface area (Å²) >= 11 is 3.38. The number of amides is 1. The van der Waals surface area contributed by atoms with Crippen LogP contribution in [-0.2, 0) is 11.2 Å². The van der Waals surface area contributed by atoms with Gasteiger partial charge in [-0.2, -0.15) is 0 Å². The Hall–Kier alpha value is -1.27. The van der Waals surface area contributed by atoms with Crippen LogP contribution in [0.15, 0.2) is 22.7 Å². The van der Waals surface area contributed by atoms with Gasteiger partial charge < -0.3 is 20.9 Å². The minimum Gasteiger partial charge on any atom is -0.508 e. The second-order valence-electron chi connectivity index (χ2n) is 5.52. The van der Waals surface area contributed by atoms with Crippen LogP contribution in [0.1, 0.15) is 26.3 Å². The molecule has 1 unspecified atom stereocenters. The maximum absolute atomic E-state index is 11.7. The Morgan fingerprint density at radius 3 is 2.65 bits per heavy atom. The Kier molecular flexibility index (Phi) is 5.83. The van der Waals surface area contributed by atoms with Crippen LogP contribution in [0.3, 0.4) is 0 Å². The second-order valence-corrected chi connectivity index (χ2v) is 6.37. The highest BCUT2D eigenvalue weighted by molar-refractivity contribution is 9.10. The monoisotopic (exact) mass is 344 g/mol. The van der Waals surface area contributed by atoms with Gasteiger partial charge in [-0.15, -0.1) is 0 Å². The summed E-state index contributed by atoms with van der Waals surface area (Å²) in [4.78, 5) is 11.7. The third-order valence-electron chi connectivity index (χ3n) is 2.55. The van der Waals surface area contributed by atoms with Crippen LogP contribution < -0.4 is 11.1 Å². The van der Waals surface area contributed by atoms with E-state index < -0.39 is 11.7 Å². The molecule has 0 aliphatic rings. The third-order valence-corrected chi connectivity index (χ3v) is 3.29. The number of carbonyl (C=O) groups is 1. The van der Waals surface area contributed by atoms with E-state index in [1.165, 1.54) is 0 Å². The van der Waals surface area contributed by atoms with Gasteiger partial charge in [-0.1, -0.05) is 22.0 Å². The fourth-order valence-corrected chi connectivity index (χ4v) is 2.18. The lowest BCUT2D eigenvalue weighted by Gasteiger charge is -2.23. The SMILES string of the molecule is CC(C)(C)OC(=O)NC(CN)Cc1c(O)cccc1Br. The highest BCUT2D eigenvalue weighted by atomic mass is 79.9. The molecule has 0 heterocycles. The first-order chi connectivity index (χ1) is 9.23. The van der Waals surface area contributed by atoms with E-state index in [0.717, 1.165) is 4.47 Å². The number of aromatic hydroxyl groups is 1. The Bertz CT molecular complexity index is 452. The molecular weight excluding hydrogens is 324 g/mol. The molecule has 0 radical (unpaired) electrons. The average Bonchev–Trinajstić information content (AvgIpc) is 2.30. The van der Waals surface area contributed by atoms with Crippen LogP contribution in [0.4, 0.5) is 4.79 Å². The number of hydrogen-bond donors (Lipinski definition) is 3. The van der Waals surface area contributed by atoms with Crippen molar-refractivity contribution in [3.05, 3.63) is 28.2 Å². The molecule has 1 amide bonds. The number of phenolic OH excluding ortho intramolecular Hbond substituents is 1. The van der Waals surface area contributed by atoms with Crippen LogP contribution in [-0.4, -0.2) is 29.4 Å². The summed E-state index contributed by atoms with van der Waals surface area (Å²) in [5.41, 5.74) is 5.82. The summed E-state index contributed by atoms with van der Waals surface area (Å²) in [5, 5.41) is 12.5. The van der Waals surface area contributed by atoms with E-state index in [4.69, 9.17) is 10.5 Å². The van der Waals surface area contributed by atoms with E-state index in [1.807, 2.05) is 6.07 Å². The van der Waals surface area contributed by atoms with Crippen molar-refractivity contribution in [2.45, 2.75) is 38.8 Å². The Balaban J connectivity index is 2.71. The molecule has 0 spiro atoms. The zero-order valence-electron chi connectivity index (χ0n) is 11.9. The lowest BCUT2D eigenvalue weighted by atomic mass is 10.1. The van der Waals surface area contributed by atoms with E-state index in [-0.39, 0.29) is 18.3 Å². The number of phenols is 1. The molecule has 1 aromatic carbocycles. The smallest absolute Gasteiger partial charge is 0.407 e. The summed E-state index contributed by atoms with van der Waals surface area (Å²) in [6, 6.07) is 4.85. The molecule has 20 heavy (non-hydrogen) atoms. The molecule has 0 aromatic heterocycles. The predicted octanol–water partition coefficient (Wildman–Crippen LogP) is 2.55. The number of nitrogens with two attached hydrogens (primary N) is 1. The van der Waals surface area contributed by atoms with Gasteiger partial charge in [0.25, 0.3) is 0 Å². The average molecular weight is 345 g/mol. The van der Waals surface area contributed by atoms with E-state index in [1.54, 1.807) is 32.9 Å². The Labute approximate surface area is 127 Å². The van der Waals surface area contributed by atoms with Gasteiger partial charge >= 0.3 is 6.09 Å². The zero-order chi connectivity index (χ0) is 15.3. The standard InChI is InChI=1S/C14H21BrN2O3/c1-14(2,3)20-13(19)17-9(8-16)7-10-11(15)5-4-6-12(10)18/h4-6,9,18H,7-8,16H2,1-3H3,(H,17,19). The minimum atomic E-state index is -0.557. The molecule has 1 rings (SSSR count). The lowest BCUT2D eigenvalue weighted by Crippen LogP contribution is -2.44. The fourth-order valence-electron chi connectivity index (χ4n) is 1.66. The molecule has 0 aliphatic carbocycles. The Morgan fingerprint density at radius 2 is 2.15 bits per heavy atom. The van der Waals surface area contributed by atoms with Crippen molar-refractivity contribution in [1.82, 2.24) is 5.32 Å². The van der Waals surface area contributed by atoms with Crippen LogP contribution in [0, 0.1) is 0 Å². The number of hydrogen-bond acceptors (Lipinski definition) is 4. The molecule has 0 fully saturated rings. The number of ether oxygens (including phenoxy) is 1. The Morgan fingerprint density at radius 1 is 1.50 bits per heavy atom. The molecule has 0 saturated heterocycles. The number of nitrogens with one attached hydrogen (secondary N) is 1. The number of carbonyl (C=O) groups excluding carboxylic acids is 1. The summed E-state index contributed by atoms with van der Waals surface area (Å²) in [6.45, 7) is 5.64. The summed E-state index contributed by atoms with van der Waals surface area (Å²) in [5.74, 6) is 0.170. The van der Waals surface area contributed by atoms with E-state index in [0.29, 0.717) is 12.0 Å². The fraction of sp³-hybridized carbons (Fsp3) is 0.500. The van der Waals surface area contributed by atoms with Gasteiger partial charge in [0.05, 0.1) is 0 Å². The molecule has 1 aromatic rings. The molecule has 4 N–H and O–H groups in total. The highest BCUT2D eigenvalue weighted by Crippen LogP contribution is 2.26. The van der Waals surface area contributed by atoms with Crippen molar-refractivity contribution in [3.8, 4) is 5.75 Å². The van der Waals surface area contributed by atoms with Gasteiger partial charge in [-0.05, 0) is 39.3 Å². The van der Waals surface area contributed by atoms with Gasteiger partial charge in [0.2, 0.25) is 0 Å². The number of alkyl carbamates (subject to hydrolysis) is 1. The van der Waals surface area contributed by atoms with Crippen LogP contribution in [0.2, 0.25) is 0 Å². The topological polar surface area (TPSA) is 84.6 Å². The van der Waals surface area contributed by atoms with E-state index >= 15 is 0 Å². The van der Waals surface area contributed by atoms with Crippen molar-refractivity contribution < 1.29 is 14.6 Å². The zero-order valence-corrected chi connectivity index (χ0v) is 13.5. The van der Waals surface area contributed by atoms with Crippen molar-refractivity contribution >= 4 is 22.0 Å². The van der Waals surface area contributed by atoms with Crippen molar-refractivity contribution in [2.75, 3.05) is 6.54 Å². The number of benzene rings is 1. The maximum Gasteiger partial charge on any atom is 0.407 e. The molecular formula is C14H21BrN2O3. The predicted molar refractivity (Wildman–Crippen MR) is 81.7 cm³/mol. The molecule has 0 saturated carbocycles. The third kappa shape index (κ3) is 5.38. The number of halogens is 1. The van der Waals surface area contributed by atoms with Crippen molar-refractivity contribution in [2.24, 2.45) is 5.73 Å². The van der Waals surface area contributed by atoms with Gasteiger partial charge in [0.15, 0.2) is 0 Å². The molecule has 6 heteroatoms. The van der Waals surface area contributed by atoms with Crippen LogP contribution in [0.25, 0.3) is 0 Å². The maximum atomic E-state index is 11.7. The molecule has 1 atom stereocenters. The van der Waals surface area contributed by atoms with Crippen LogP contribution in [0.5, 0.6) is 5.75 Å². The van der Waals surface area contributed by atoms with Gasteiger partial charge in [0, 0.05) is 22.6 Å². The van der Waals surface area contributed by atoms with Gasteiger partial charge in [0.1, 0.15) is 11.4 Å². The quantitative estimate of drug-likeness (QED) is 0.783. The van der Waals surface area contributed by atoms with Gasteiger partial charge in [-0.25, -0.2) is 4.79 Å². The summed E-state index contributed by atoms with van der Waals surface area (Å²) in [6.07, 6.45) is -0.0947. The normalized spacial score (nSPS) is 12.8. The highest BCUT2D eigenvalue weighted by Gasteiger charge is 2.20. The van der Waals surface area contributed by atoms with Gasteiger partial charge in [-0.3, -0.25) is 0 Å². The summed E-state index contributed by atoms with van der Waals surface area (Å²) in [7, 11) is 0. The van der Waals surface area contributed by atoms with E-state index in [9.17, 15) is 9.90 Å². The largest absolute Gasteiger partial charge is 0.508 e. The lowest BCUT2D eigenvalue weighted by molar-refractivity contribution is 0.0505. The van der Waals surface area contributed by atoms with Crippen molar-refractivity contribution in [3.63, 3.8) is 0 Å². The molecule has 112 valence electrons. The first kappa shape index (κ1) is 16.8. The van der Waals surface area contributed by atoms with Crippen LogP contribution >= 0.6 is 15.9 Å². The van der Waals surface area contributed by atoms with Crippen molar-refractivity contribution in [1.29, 1.82) is 0 Å². The summed E-state index contributed by atoms with van der Waals surface area (Å²) < 4.78 is 5.97. The van der Waals surface area contributed by atoms with E-state index in [2.05, 4.69) is 21.2 Å². The molecule has 0 aliphatic heterocycles.